The van der Waals surface area contributed by atoms with Gasteiger partial charge in [0.15, 0.2) is 5.69 Å². The highest BCUT2D eigenvalue weighted by Gasteiger charge is 2.28. The van der Waals surface area contributed by atoms with Gasteiger partial charge in [0, 0.05) is 30.8 Å². The maximum atomic E-state index is 12.7. The molecule has 1 aliphatic heterocycles. The Labute approximate surface area is 175 Å². The third-order valence-corrected chi connectivity index (χ3v) is 5.34. The molecule has 0 spiro atoms. The molecule has 1 atom stereocenters. The summed E-state index contributed by atoms with van der Waals surface area (Å²) in [5.41, 5.74) is 0.700. The molecule has 2 heterocycles. The number of hydrogen-bond acceptors (Lipinski definition) is 5. The highest BCUT2D eigenvalue weighted by Crippen LogP contribution is 2.23. The fraction of sp³-hybridized carbons (Fsp3) is 0.476. The first-order valence-electron chi connectivity index (χ1n) is 9.73. The fourth-order valence-electron chi connectivity index (χ4n) is 3.35. The Morgan fingerprint density at radius 2 is 2.03 bits per heavy atom. The summed E-state index contributed by atoms with van der Waals surface area (Å²) in [5, 5.41) is 3.41. The Morgan fingerprint density at radius 1 is 1.31 bits per heavy atom. The van der Waals surface area contributed by atoms with Crippen molar-refractivity contribution in [2.45, 2.75) is 38.8 Å². The second kappa shape index (κ2) is 9.41. The zero-order valence-electron chi connectivity index (χ0n) is 16.9. The molecule has 1 aromatic heterocycles. The van der Waals surface area contributed by atoms with Gasteiger partial charge in [0.05, 0.1) is 6.10 Å². The van der Waals surface area contributed by atoms with Crippen LogP contribution in [0.15, 0.2) is 34.9 Å². The Kier molecular flexibility index (Phi) is 6.92. The number of nitrogens with zero attached hydrogens (tertiary/aromatic N) is 2. The van der Waals surface area contributed by atoms with Gasteiger partial charge in [-0.05, 0) is 37.0 Å². The first kappa shape index (κ1) is 21.3. The van der Waals surface area contributed by atoms with Crippen molar-refractivity contribution in [3.63, 3.8) is 0 Å². The topological polar surface area (TPSA) is 84.7 Å². The fourth-order valence-corrected chi connectivity index (χ4v) is 3.54. The molecule has 0 bridgehead atoms. The SMILES string of the molecule is COC1CCN(C(=O)c2coc([C@H](NC(=O)c3cccc(Cl)c3)C(C)C)n2)CC1. The van der Waals surface area contributed by atoms with Gasteiger partial charge in [-0.15, -0.1) is 0 Å². The Hall–Kier alpha value is -2.38. The highest BCUT2D eigenvalue weighted by molar-refractivity contribution is 6.30. The molecule has 1 N–H and O–H groups in total. The van der Waals surface area contributed by atoms with Crippen molar-refractivity contribution < 1.29 is 18.7 Å². The molecular weight excluding hydrogens is 394 g/mol. The number of carbonyl (C=O) groups is 2. The largest absolute Gasteiger partial charge is 0.446 e. The number of halogens is 1. The van der Waals surface area contributed by atoms with Gasteiger partial charge in [-0.3, -0.25) is 9.59 Å². The van der Waals surface area contributed by atoms with Crippen molar-refractivity contribution in [1.29, 1.82) is 0 Å². The van der Waals surface area contributed by atoms with E-state index < -0.39 is 6.04 Å². The number of nitrogens with one attached hydrogen (secondary N) is 1. The summed E-state index contributed by atoms with van der Waals surface area (Å²) in [4.78, 5) is 31.5. The molecule has 7 nitrogen and oxygen atoms in total. The van der Waals surface area contributed by atoms with Gasteiger partial charge in [-0.2, -0.15) is 0 Å². The lowest BCUT2D eigenvalue weighted by atomic mass is 10.0. The van der Waals surface area contributed by atoms with Crippen LogP contribution in [0.2, 0.25) is 5.02 Å². The molecule has 156 valence electrons. The van der Waals surface area contributed by atoms with E-state index in [-0.39, 0.29) is 29.5 Å². The normalized spacial score (nSPS) is 16.1. The Morgan fingerprint density at radius 3 is 2.66 bits per heavy atom. The minimum atomic E-state index is -0.470. The van der Waals surface area contributed by atoms with Gasteiger partial charge in [0.1, 0.15) is 12.3 Å². The van der Waals surface area contributed by atoms with Crippen LogP contribution in [0.4, 0.5) is 0 Å². The van der Waals surface area contributed by atoms with Crippen LogP contribution in [0, 0.1) is 5.92 Å². The summed E-state index contributed by atoms with van der Waals surface area (Å²) >= 11 is 5.97. The van der Waals surface area contributed by atoms with Gasteiger partial charge in [-0.1, -0.05) is 31.5 Å². The van der Waals surface area contributed by atoms with Crippen LogP contribution in [0.25, 0.3) is 0 Å². The summed E-state index contributed by atoms with van der Waals surface area (Å²) in [6, 6.07) is 6.24. The van der Waals surface area contributed by atoms with Crippen molar-refractivity contribution >= 4 is 23.4 Å². The number of hydrogen-bond donors (Lipinski definition) is 1. The number of rotatable bonds is 6. The van der Waals surface area contributed by atoms with Crippen LogP contribution < -0.4 is 5.32 Å². The van der Waals surface area contributed by atoms with Gasteiger partial charge in [0.25, 0.3) is 11.8 Å². The molecule has 29 heavy (non-hydrogen) atoms. The molecule has 8 heteroatoms. The lowest BCUT2D eigenvalue weighted by molar-refractivity contribution is 0.0347. The van der Waals surface area contributed by atoms with Crippen molar-refractivity contribution in [2.75, 3.05) is 20.2 Å². The van der Waals surface area contributed by atoms with E-state index in [1.807, 2.05) is 13.8 Å². The number of oxazole rings is 1. The van der Waals surface area contributed by atoms with Gasteiger partial charge in [0.2, 0.25) is 5.89 Å². The minimum Gasteiger partial charge on any atom is -0.446 e. The van der Waals surface area contributed by atoms with E-state index in [0.717, 1.165) is 12.8 Å². The van der Waals surface area contributed by atoms with Crippen LogP contribution >= 0.6 is 11.6 Å². The predicted molar refractivity (Wildman–Crippen MR) is 109 cm³/mol. The van der Waals surface area contributed by atoms with E-state index in [9.17, 15) is 9.59 Å². The molecule has 0 saturated carbocycles. The number of methoxy groups -OCH3 is 1. The van der Waals surface area contributed by atoms with Gasteiger partial charge < -0.3 is 19.4 Å². The molecule has 1 aliphatic rings. The third-order valence-electron chi connectivity index (χ3n) is 5.11. The number of likely N-dealkylation sites (tertiary alicyclic amines) is 1. The van der Waals surface area contributed by atoms with E-state index in [4.69, 9.17) is 20.8 Å². The van der Waals surface area contributed by atoms with Gasteiger partial charge in [-0.25, -0.2) is 4.98 Å². The van der Waals surface area contributed by atoms with Crippen molar-refractivity contribution in [1.82, 2.24) is 15.2 Å². The standard InChI is InChI=1S/C21H26ClN3O4/c1-13(2)18(24-19(26)14-5-4-6-15(22)11-14)20-23-17(12-29-20)21(27)25-9-7-16(28-3)8-10-25/h4-6,11-13,16,18H,7-10H2,1-3H3,(H,24,26)/t18-/m1/s1. The molecule has 0 unspecified atom stereocenters. The van der Waals surface area contributed by atoms with E-state index in [1.54, 1.807) is 36.3 Å². The second-order valence-corrected chi connectivity index (χ2v) is 7.94. The Balaban J connectivity index is 1.70. The molecule has 1 fully saturated rings. The first-order chi connectivity index (χ1) is 13.9. The van der Waals surface area contributed by atoms with E-state index in [1.165, 1.54) is 6.26 Å². The summed E-state index contributed by atoms with van der Waals surface area (Å²) in [6.45, 7) is 5.14. The lowest BCUT2D eigenvalue weighted by Crippen LogP contribution is -2.40. The molecule has 3 rings (SSSR count). The second-order valence-electron chi connectivity index (χ2n) is 7.50. The van der Waals surface area contributed by atoms with Crippen LogP contribution in [-0.2, 0) is 4.74 Å². The monoisotopic (exact) mass is 419 g/mol. The van der Waals surface area contributed by atoms with Crippen LogP contribution in [0.3, 0.4) is 0 Å². The van der Waals surface area contributed by atoms with Crippen LogP contribution in [0.1, 0.15) is 59.5 Å². The zero-order chi connectivity index (χ0) is 21.0. The predicted octanol–water partition coefficient (Wildman–Crippen LogP) is 3.71. The maximum Gasteiger partial charge on any atom is 0.275 e. The summed E-state index contributed by atoms with van der Waals surface area (Å²) in [5.74, 6) is -0.125. The van der Waals surface area contributed by atoms with E-state index in [0.29, 0.717) is 29.6 Å². The zero-order valence-corrected chi connectivity index (χ0v) is 17.6. The summed E-state index contributed by atoms with van der Waals surface area (Å²) in [6.07, 6.45) is 3.16. The summed E-state index contributed by atoms with van der Waals surface area (Å²) < 4.78 is 10.9. The lowest BCUT2D eigenvalue weighted by Gasteiger charge is -2.30. The average molecular weight is 420 g/mol. The molecule has 1 aromatic carbocycles. The van der Waals surface area contributed by atoms with Gasteiger partial charge >= 0.3 is 0 Å². The smallest absolute Gasteiger partial charge is 0.275 e. The molecule has 2 aromatic rings. The highest BCUT2D eigenvalue weighted by atomic mass is 35.5. The maximum absolute atomic E-state index is 12.7. The number of ether oxygens (including phenoxy) is 1. The number of amides is 2. The molecule has 2 amide bonds. The first-order valence-corrected chi connectivity index (χ1v) is 10.1. The minimum absolute atomic E-state index is 0.0113. The summed E-state index contributed by atoms with van der Waals surface area (Å²) in [7, 11) is 1.69. The molecule has 0 aliphatic carbocycles. The van der Waals surface area contributed by atoms with Crippen molar-refractivity contribution in [2.24, 2.45) is 5.92 Å². The number of benzene rings is 1. The molecular formula is C21H26ClN3O4. The van der Waals surface area contributed by atoms with Crippen LogP contribution in [-0.4, -0.2) is 48.0 Å². The van der Waals surface area contributed by atoms with Crippen LogP contribution in [0.5, 0.6) is 0 Å². The third kappa shape index (κ3) is 5.16. The van der Waals surface area contributed by atoms with E-state index in [2.05, 4.69) is 10.3 Å². The number of carbonyl (C=O) groups excluding carboxylic acids is 2. The van der Waals surface area contributed by atoms with Crippen molar-refractivity contribution in [3.05, 3.63) is 52.7 Å². The number of piperidine rings is 1. The van der Waals surface area contributed by atoms with E-state index >= 15 is 0 Å². The average Bonchev–Trinajstić information content (AvgIpc) is 3.21. The van der Waals surface area contributed by atoms with Crippen molar-refractivity contribution in [3.8, 4) is 0 Å². The Bertz CT molecular complexity index is 859. The number of aromatic nitrogens is 1. The molecule has 0 radical (unpaired) electrons. The quantitative estimate of drug-likeness (QED) is 0.771. The molecule has 1 saturated heterocycles.